The number of carbonyl (C=O) groups is 1. The predicted octanol–water partition coefficient (Wildman–Crippen LogP) is 3.08. The molecule has 0 spiro atoms. The van der Waals surface area contributed by atoms with Crippen molar-refractivity contribution in [2.45, 2.75) is 46.0 Å². The van der Waals surface area contributed by atoms with Crippen molar-refractivity contribution in [3.05, 3.63) is 29.8 Å². The highest BCUT2D eigenvalue weighted by Gasteiger charge is 2.01. The SMILES string of the molecule is CCCCCCC(=O)NN=C(C)c1cccc(N)c1. The maximum atomic E-state index is 11.6. The molecular formula is C15H23N3O. The summed E-state index contributed by atoms with van der Waals surface area (Å²) in [5, 5.41) is 4.10. The van der Waals surface area contributed by atoms with E-state index < -0.39 is 0 Å². The number of benzene rings is 1. The molecule has 0 aliphatic heterocycles. The van der Waals surface area contributed by atoms with Crippen molar-refractivity contribution >= 4 is 17.3 Å². The molecule has 0 aromatic heterocycles. The maximum absolute atomic E-state index is 11.6. The van der Waals surface area contributed by atoms with Crippen LogP contribution in [-0.4, -0.2) is 11.6 Å². The van der Waals surface area contributed by atoms with Gasteiger partial charge in [0.2, 0.25) is 5.91 Å². The van der Waals surface area contributed by atoms with Gasteiger partial charge in [-0.15, -0.1) is 0 Å². The molecule has 0 bridgehead atoms. The summed E-state index contributed by atoms with van der Waals surface area (Å²) < 4.78 is 0. The topological polar surface area (TPSA) is 67.5 Å². The number of carbonyl (C=O) groups excluding carboxylic acids is 1. The van der Waals surface area contributed by atoms with E-state index in [0.717, 1.165) is 24.1 Å². The quantitative estimate of drug-likeness (QED) is 0.343. The second-order valence-corrected chi connectivity index (χ2v) is 4.67. The lowest BCUT2D eigenvalue weighted by Crippen LogP contribution is -2.18. The molecule has 4 nitrogen and oxygen atoms in total. The predicted molar refractivity (Wildman–Crippen MR) is 80.0 cm³/mol. The molecule has 0 radical (unpaired) electrons. The van der Waals surface area contributed by atoms with E-state index in [2.05, 4.69) is 17.5 Å². The molecule has 1 rings (SSSR count). The van der Waals surface area contributed by atoms with Crippen molar-refractivity contribution in [2.75, 3.05) is 5.73 Å². The molecule has 104 valence electrons. The molecule has 0 saturated carbocycles. The first-order chi connectivity index (χ1) is 9.13. The molecule has 0 heterocycles. The van der Waals surface area contributed by atoms with Crippen LogP contribution in [0, 0.1) is 0 Å². The Bertz CT molecular complexity index is 441. The Morgan fingerprint density at radius 1 is 1.32 bits per heavy atom. The number of amides is 1. The highest BCUT2D eigenvalue weighted by Crippen LogP contribution is 2.07. The number of hydrogen-bond acceptors (Lipinski definition) is 3. The van der Waals surface area contributed by atoms with Crippen molar-refractivity contribution < 1.29 is 4.79 Å². The van der Waals surface area contributed by atoms with Gasteiger partial charge in [-0.2, -0.15) is 5.10 Å². The molecule has 1 amide bonds. The van der Waals surface area contributed by atoms with Gasteiger partial charge in [0.15, 0.2) is 0 Å². The molecular weight excluding hydrogens is 238 g/mol. The van der Waals surface area contributed by atoms with Crippen LogP contribution in [0.5, 0.6) is 0 Å². The molecule has 0 fully saturated rings. The first kappa shape index (κ1) is 15.2. The van der Waals surface area contributed by atoms with Crippen molar-refractivity contribution in [3.8, 4) is 0 Å². The van der Waals surface area contributed by atoms with Gasteiger partial charge in [-0.3, -0.25) is 4.79 Å². The van der Waals surface area contributed by atoms with Crippen LogP contribution in [0.2, 0.25) is 0 Å². The average molecular weight is 261 g/mol. The zero-order chi connectivity index (χ0) is 14.1. The van der Waals surface area contributed by atoms with E-state index in [-0.39, 0.29) is 5.91 Å². The number of nitrogen functional groups attached to an aromatic ring is 1. The molecule has 0 atom stereocenters. The Morgan fingerprint density at radius 2 is 2.11 bits per heavy atom. The van der Waals surface area contributed by atoms with E-state index in [4.69, 9.17) is 5.73 Å². The summed E-state index contributed by atoms with van der Waals surface area (Å²) in [6.45, 7) is 4.01. The van der Waals surface area contributed by atoms with Gasteiger partial charge in [0.1, 0.15) is 0 Å². The summed E-state index contributed by atoms with van der Waals surface area (Å²) in [5.74, 6) is -0.0284. The van der Waals surface area contributed by atoms with Gasteiger partial charge < -0.3 is 5.73 Å². The van der Waals surface area contributed by atoms with Gasteiger partial charge in [-0.1, -0.05) is 38.3 Å². The number of rotatable bonds is 7. The second kappa shape index (κ2) is 8.29. The van der Waals surface area contributed by atoms with E-state index in [1.807, 2.05) is 31.2 Å². The molecule has 0 saturated heterocycles. The smallest absolute Gasteiger partial charge is 0.240 e. The third kappa shape index (κ3) is 6.04. The van der Waals surface area contributed by atoms with E-state index >= 15 is 0 Å². The van der Waals surface area contributed by atoms with Gasteiger partial charge in [0.25, 0.3) is 0 Å². The Kier molecular flexibility index (Phi) is 6.64. The molecule has 1 aromatic rings. The van der Waals surface area contributed by atoms with E-state index in [1.54, 1.807) is 0 Å². The summed E-state index contributed by atoms with van der Waals surface area (Å²) in [7, 11) is 0. The van der Waals surface area contributed by atoms with Gasteiger partial charge >= 0.3 is 0 Å². The molecule has 4 heteroatoms. The summed E-state index contributed by atoms with van der Waals surface area (Å²) >= 11 is 0. The number of hydrazone groups is 1. The first-order valence-electron chi connectivity index (χ1n) is 6.82. The minimum Gasteiger partial charge on any atom is -0.399 e. The van der Waals surface area contributed by atoms with E-state index in [9.17, 15) is 4.79 Å². The minimum atomic E-state index is -0.0284. The Hall–Kier alpha value is -1.84. The van der Waals surface area contributed by atoms with Crippen LogP contribution in [0.15, 0.2) is 29.4 Å². The normalized spacial score (nSPS) is 11.4. The van der Waals surface area contributed by atoms with Gasteiger partial charge in [-0.05, 0) is 31.0 Å². The number of nitrogens with two attached hydrogens (primary N) is 1. The van der Waals surface area contributed by atoms with Crippen LogP contribution in [0.1, 0.15) is 51.5 Å². The van der Waals surface area contributed by atoms with Gasteiger partial charge in [0.05, 0.1) is 5.71 Å². The lowest BCUT2D eigenvalue weighted by atomic mass is 10.1. The molecule has 0 aliphatic rings. The molecule has 1 aromatic carbocycles. The number of nitrogens with zero attached hydrogens (tertiary/aromatic N) is 1. The maximum Gasteiger partial charge on any atom is 0.240 e. The number of nitrogens with one attached hydrogen (secondary N) is 1. The third-order valence-corrected chi connectivity index (χ3v) is 2.91. The first-order valence-corrected chi connectivity index (χ1v) is 6.82. The standard InChI is InChI=1S/C15H23N3O/c1-3-4-5-6-10-15(19)18-17-12(2)13-8-7-9-14(16)11-13/h7-9,11H,3-6,10,16H2,1-2H3,(H,18,19). The molecule has 0 aliphatic carbocycles. The highest BCUT2D eigenvalue weighted by atomic mass is 16.2. The summed E-state index contributed by atoms with van der Waals surface area (Å²) in [6.07, 6.45) is 4.91. The summed E-state index contributed by atoms with van der Waals surface area (Å²) in [5.41, 5.74) is 10.7. The largest absolute Gasteiger partial charge is 0.399 e. The molecule has 0 unspecified atom stereocenters. The van der Waals surface area contributed by atoms with E-state index in [1.165, 1.54) is 12.8 Å². The van der Waals surface area contributed by atoms with E-state index in [0.29, 0.717) is 12.1 Å². The summed E-state index contributed by atoms with van der Waals surface area (Å²) in [6, 6.07) is 7.45. The van der Waals surface area contributed by atoms with Crippen LogP contribution >= 0.6 is 0 Å². The fourth-order valence-electron chi connectivity index (χ4n) is 1.74. The van der Waals surface area contributed by atoms with Crippen molar-refractivity contribution in [1.29, 1.82) is 0 Å². The highest BCUT2D eigenvalue weighted by molar-refractivity contribution is 5.99. The Morgan fingerprint density at radius 3 is 2.79 bits per heavy atom. The molecule has 19 heavy (non-hydrogen) atoms. The fourth-order valence-corrected chi connectivity index (χ4v) is 1.74. The van der Waals surface area contributed by atoms with Crippen molar-refractivity contribution in [2.24, 2.45) is 5.10 Å². The van der Waals surface area contributed by atoms with Crippen LogP contribution < -0.4 is 11.2 Å². The fraction of sp³-hybridized carbons (Fsp3) is 0.467. The Labute approximate surface area is 115 Å². The second-order valence-electron chi connectivity index (χ2n) is 4.67. The molecule has 3 N–H and O–H groups in total. The average Bonchev–Trinajstić information content (AvgIpc) is 2.41. The van der Waals surface area contributed by atoms with Gasteiger partial charge in [0, 0.05) is 12.1 Å². The van der Waals surface area contributed by atoms with Crippen molar-refractivity contribution in [1.82, 2.24) is 5.43 Å². The number of anilines is 1. The zero-order valence-corrected chi connectivity index (χ0v) is 11.8. The number of hydrogen-bond donors (Lipinski definition) is 2. The lowest BCUT2D eigenvalue weighted by Gasteiger charge is -2.03. The zero-order valence-electron chi connectivity index (χ0n) is 11.8. The monoisotopic (exact) mass is 261 g/mol. The van der Waals surface area contributed by atoms with Crippen LogP contribution in [-0.2, 0) is 4.79 Å². The number of unbranched alkanes of at least 4 members (excludes halogenated alkanes) is 3. The van der Waals surface area contributed by atoms with Gasteiger partial charge in [-0.25, -0.2) is 5.43 Å². The lowest BCUT2D eigenvalue weighted by molar-refractivity contribution is -0.121. The minimum absolute atomic E-state index is 0.0284. The van der Waals surface area contributed by atoms with Crippen LogP contribution in [0.3, 0.4) is 0 Å². The third-order valence-electron chi connectivity index (χ3n) is 2.91. The Balaban J connectivity index is 2.41. The van der Waals surface area contributed by atoms with Crippen molar-refractivity contribution in [3.63, 3.8) is 0 Å². The van der Waals surface area contributed by atoms with Crippen LogP contribution in [0.4, 0.5) is 5.69 Å². The summed E-state index contributed by atoms with van der Waals surface area (Å²) in [4.78, 5) is 11.6. The van der Waals surface area contributed by atoms with Crippen LogP contribution in [0.25, 0.3) is 0 Å².